The van der Waals surface area contributed by atoms with Crippen molar-refractivity contribution in [1.82, 2.24) is 4.90 Å². The third-order valence-corrected chi connectivity index (χ3v) is 3.95. The van der Waals surface area contributed by atoms with E-state index in [4.69, 9.17) is 10.5 Å². The van der Waals surface area contributed by atoms with Gasteiger partial charge >= 0.3 is 0 Å². The summed E-state index contributed by atoms with van der Waals surface area (Å²) < 4.78 is 5.99. The molecule has 0 amide bonds. The first-order chi connectivity index (χ1) is 10.5. The number of aryl methyl sites for hydroxylation is 1. The fraction of sp³-hybridized carbons (Fsp3) is 0.579. The van der Waals surface area contributed by atoms with Gasteiger partial charge in [-0.1, -0.05) is 20.4 Å². The van der Waals surface area contributed by atoms with Crippen LogP contribution >= 0.6 is 0 Å². The summed E-state index contributed by atoms with van der Waals surface area (Å²) in [6, 6.07) is 4.06. The normalized spacial score (nSPS) is 11.0. The third-order valence-electron chi connectivity index (χ3n) is 3.95. The molecule has 0 aromatic heterocycles. The van der Waals surface area contributed by atoms with Crippen molar-refractivity contribution in [2.24, 2.45) is 5.73 Å². The molecule has 0 aliphatic carbocycles. The lowest BCUT2D eigenvalue weighted by molar-refractivity contribution is 0.233. The van der Waals surface area contributed by atoms with Crippen molar-refractivity contribution in [3.05, 3.63) is 35.4 Å². The van der Waals surface area contributed by atoms with Gasteiger partial charge in [0.1, 0.15) is 5.75 Å². The predicted octanol–water partition coefficient (Wildman–Crippen LogP) is 4.12. The fourth-order valence-corrected chi connectivity index (χ4v) is 2.60. The van der Waals surface area contributed by atoms with Crippen LogP contribution in [-0.4, -0.2) is 31.1 Å². The SMILES string of the molecule is C=C(N)c1cc(C)c(C)c(OCCCN(CCC)CCC)c1. The molecule has 0 saturated heterocycles. The smallest absolute Gasteiger partial charge is 0.123 e. The van der Waals surface area contributed by atoms with Gasteiger partial charge in [-0.3, -0.25) is 0 Å². The molecule has 1 aromatic carbocycles. The summed E-state index contributed by atoms with van der Waals surface area (Å²) in [5.41, 5.74) is 9.73. The van der Waals surface area contributed by atoms with Crippen LogP contribution in [0.2, 0.25) is 0 Å². The summed E-state index contributed by atoms with van der Waals surface area (Å²) in [6.07, 6.45) is 3.46. The van der Waals surface area contributed by atoms with Gasteiger partial charge in [-0.15, -0.1) is 0 Å². The quantitative estimate of drug-likeness (QED) is 0.661. The highest BCUT2D eigenvalue weighted by molar-refractivity contribution is 5.64. The van der Waals surface area contributed by atoms with Crippen LogP contribution in [0.3, 0.4) is 0 Å². The predicted molar refractivity (Wildman–Crippen MR) is 96.3 cm³/mol. The second-order valence-electron chi connectivity index (χ2n) is 5.99. The second-order valence-corrected chi connectivity index (χ2v) is 5.99. The van der Waals surface area contributed by atoms with Crippen LogP contribution < -0.4 is 10.5 Å². The van der Waals surface area contributed by atoms with Crippen molar-refractivity contribution >= 4 is 5.70 Å². The summed E-state index contributed by atoms with van der Waals surface area (Å²) in [7, 11) is 0. The largest absolute Gasteiger partial charge is 0.493 e. The molecule has 3 heteroatoms. The lowest BCUT2D eigenvalue weighted by Gasteiger charge is -2.21. The maximum absolute atomic E-state index is 5.99. The Morgan fingerprint density at radius 3 is 2.32 bits per heavy atom. The van der Waals surface area contributed by atoms with Crippen LogP contribution in [0.1, 0.15) is 49.8 Å². The van der Waals surface area contributed by atoms with Crippen molar-refractivity contribution in [3.8, 4) is 5.75 Å². The second kappa shape index (κ2) is 9.52. The molecule has 0 fully saturated rings. The number of nitrogens with two attached hydrogens (primary N) is 1. The number of nitrogens with zero attached hydrogens (tertiary/aromatic N) is 1. The molecule has 0 heterocycles. The van der Waals surface area contributed by atoms with Gasteiger partial charge < -0.3 is 15.4 Å². The van der Waals surface area contributed by atoms with E-state index in [1.54, 1.807) is 0 Å². The van der Waals surface area contributed by atoms with E-state index in [0.29, 0.717) is 5.70 Å². The van der Waals surface area contributed by atoms with Crippen LogP contribution in [0.5, 0.6) is 5.75 Å². The van der Waals surface area contributed by atoms with Crippen molar-refractivity contribution in [1.29, 1.82) is 0 Å². The molecule has 0 aliphatic rings. The van der Waals surface area contributed by atoms with E-state index in [1.165, 1.54) is 37.1 Å². The Bertz CT molecular complexity index is 477. The molecule has 3 nitrogen and oxygen atoms in total. The average molecular weight is 304 g/mol. The number of benzene rings is 1. The molecule has 1 aromatic rings. The van der Waals surface area contributed by atoms with E-state index in [9.17, 15) is 0 Å². The first-order valence-corrected chi connectivity index (χ1v) is 8.40. The zero-order chi connectivity index (χ0) is 16.5. The summed E-state index contributed by atoms with van der Waals surface area (Å²) in [4.78, 5) is 2.51. The monoisotopic (exact) mass is 304 g/mol. The van der Waals surface area contributed by atoms with Gasteiger partial charge in [-0.25, -0.2) is 0 Å². The minimum atomic E-state index is 0.588. The summed E-state index contributed by atoms with van der Waals surface area (Å²) >= 11 is 0. The van der Waals surface area contributed by atoms with E-state index in [0.717, 1.165) is 30.9 Å². The van der Waals surface area contributed by atoms with Crippen LogP contribution in [0.4, 0.5) is 0 Å². The van der Waals surface area contributed by atoms with E-state index in [1.807, 2.05) is 6.07 Å². The van der Waals surface area contributed by atoms with Gasteiger partial charge in [0.2, 0.25) is 0 Å². The molecule has 0 unspecified atom stereocenters. The zero-order valence-electron chi connectivity index (χ0n) is 14.7. The van der Waals surface area contributed by atoms with Gasteiger partial charge in [-0.2, -0.15) is 0 Å². The van der Waals surface area contributed by atoms with Crippen LogP contribution in [0.15, 0.2) is 18.7 Å². The molecule has 124 valence electrons. The average Bonchev–Trinajstić information content (AvgIpc) is 2.47. The maximum Gasteiger partial charge on any atom is 0.123 e. The van der Waals surface area contributed by atoms with Crippen molar-refractivity contribution in [2.75, 3.05) is 26.2 Å². The number of hydrogen-bond acceptors (Lipinski definition) is 3. The number of rotatable bonds is 10. The maximum atomic E-state index is 5.99. The number of hydrogen-bond donors (Lipinski definition) is 1. The molecule has 0 saturated carbocycles. The molecular weight excluding hydrogens is 272 g/mol. The van der Waals surface area contributed by atoms with E-state index in [2.05, 4.69) is 45.2 Å². The Morgan fingerprint density at radius 1 is 1.14 bits per heavy atom. The molecule has 0 bridgehead atoms. The van der Waals surface area contributed by atoms with Gasteiger partial charge in [0.05, 0.1) is 6.61 Å². The molecule has 0 radical (unpaired) electrons. The Morgan fingerprint density at radius 2 is 1.77 bits per heavy atom. The van der Waals surface area contributed by atoms with Crippen molar-refractivity contribution in [2.45, 2.75) is 47.0 Å². The highest BCUT2D eigenvalue weighted by atomic mass is 16.5. The van der Waals surface area contributed by atoms with Gasteiger partial charge in [-0.05, 0) is 69.5 Å². The summed E-state index contributed by atoms with van der Waals surface area (Å²) in [6.45, 7) is 16.6. The highest BCUT2D eigenvalue weighted by Gasteiger charge is 2.07. The minimum absolute atomic E-state index is 0.588. The minimum Gasteiger partial charge on any atom is -0.493 e. The standard InChI is InChI=1S/C19H32N2O/c1-6-9-21(10-7-2)11-8-12-22-19-14-18(17(5)20)13-15(3)16(19)4/h13-14H,5-12,20H2,1-4H3. The topological polar surface area (TPSA) is 38.5 Å². The molecule has 0 spiro atoms. The van der Waals surface area contributed by atoms with Crippen molar-refractivity contribution < 1.29 is 4.74 Å². The molecule has 1 rings (SSSR count). The van der Waals surface area contributed by atoms with Crippen LogP contribution in [0, 0.1) is 13.8 Å². The van der Waals surface area contributed by atoms with Gasteiger partial charge in [0.15, 0.2) is 0 Å². The molecule has 0 atom stereocenters. The Balaban J connectivity index is 2.55. The summed E-state index contributed by atoms with van der Waals surface area (Å²) in [5.74, 6) is 0.930. The molecule has 0 aliphatic heterocycles. The fourth-order valence-electron chi connectivity index (χ4n) is 2.60. The van der Waals surface area contributed by atoms with E-state index in [-0.39, 0.29) is 0 Å². The Labute approximate surface area is 136 Å². The first-order valence-electron chi connectivity index (χ1n) is 8.40. The van der Waals surface area contributed by atoms with Crippen LogP contribution in [-0.2, 0) is 0 Å². The number of ether oxygens (including phenoxy) is 1. The molecule has 2 N–H and O–H groups in total. The zero-order valence-corrected chi connectivity index (χ0v) is 14.7. The first kappa shape index (κ1) is 18.6. The third kappa shape index (κ3) is 5.72. The molecular formula is C19H32N2O. The van der Waals surface area contributed by atoms with Gasteiger partial charge in [0, 0.05) is 17.8 Å². The van der Waals surface area contributed by atoms with E-state index >= 15 is 0 Å². The molecule has 22 heavy (non-hydrogen) atoms. The lowest BCUT2D eigenvalue weighted by atomic mass is 10.0. The van der Waals surface area contributed by atoms with Crippen molar-refractivity contribution in [3.63, 3.8) is 0 Å². The van der Waals surface area contributed by atoms with Crippen LogP contribution in [0.25, 0.3) is 5.70 Å². The lowest BCUT2D eigenvalue weighted by Crippen LogP contribution is -2.27. The van der Waals surface area contributed by atoms with Gasteiger partial charge in [0.25, 0.3) is 0 Å². The Kier molecular flexibility index (Phi) is 8.03. The Hall–Kier alpha value is -1.48. The summed E-state index contributed by atoms with van der Waals surface area (Å²) in [5, 5.41) is 0. The van der Waals surface area contributed by atoms with E-state index < -0.39 is 0 Å². The highest BCUT2D eigenvalue weighted by Crippen LogP contribution is 2.25.